The molecule has 3 atom stereocenters. The molecule has 1 aliphatic rings. The summed E-state index contributed by atoms with van der Waals surface area (Å²) in [5, 5.41) is 12.4. The first-order valence-corrected chi connectivity index (χ1v) is 13.1. The molecule has 2 heterocycles. The van der Waals surface area contributed by atoms with Gasteiger partial charge in [-0.25, -0.2) is 0 Å². The molecule has 1 N–H and O–H groups in total. The Morgan fingerprint density at radius 1 is 1.18 bits per heavy atom. The van der Waals surface area contributed by atoms with Crippen LogP contribution in [0.2, 0.25) is 0 Å². The molecule has 0 saturated heterocycles. The Bertz CT molecular complexity index is 1090. The Kier molecular flexibility index (Phi) is 8.20. The van der Waals surface area contributed by atoms with Gasteiger partial charge in [-0.2, -0.15) is 8.78 Å². The van der Waals surface area contributed by atoms with Crippen LogP contribution >= 0.6 is 23.5 Å². The van der Waals surface area contributed by atoms with Crippen LogP contribution < -0.4 is 5.32 Å². The highest BCUT2D eigenvalue weighted by Gasteiger charge is 2.28. The summed E-state index contributed by atoms with van der Waals surface area (Å²) < 4.78 is 27.3. The lowest BCUT2D eigenvalue weighted by atomic mass is 9.78. The molecule has 10 heteroatoms. The Morgan fingerprint density at radius 2 is 1.97 bits per heavy atom. The molecule has 3 unspecified atom stereocenters. The smallest absolute Gasteiger partial charge is 0.288 e. The first-order chi connectivity index (χ1) is 16.4. The topological polar surface area (TPSA) is 72.7 Å². The molecule has 0 bridgehead atoms. The summed E-state index contributed by atoms with van der Waals surface area (Å²) in [6, 6.07) is 10.7. The lowest BCUT2D eigenvalue weighted by Gasteiger charge is -2.34. The van der Waals surface area contributed by atoms with E-state index in [9.17, 15) is 13.6 Å². The highest BCUT2D eigenvalue weighted by atomic mass is 32.2. The second-order valence-corrected chi connectivity index (χ2v) is 10.5. The van der Waals surface area contributed by atoms with Gasteiger partial charge in [0, 0.05) is 34.6 Å². The van der Waals surface area contributed by atoms with Gasteiger partial charge >= 0.3 is 0 Å². The SMILES string of the molecule is CC1CCCC(NC(=O)CSc2nnc(-c3cccnc3)n2-c2ccc(SC(F)F)cc2)C1C. The van der Waals surface area contributed by atoms with Crippen molar-refractivity contribution in [3.8, 4) is 17.1 Å². The maximum Gasteiger partial charge on any atom is 0.288 e. The average Bonchev–Trinajstić information content (AvgIpc) is 3.25. The molecule has 3 aromatic rings. The number of rotatable bonds is 8. The number of pyridine rings is 1. The summed E-state index contributed by atoms with van der Waals surface area (Å²) in [6.45, 7) is 4.44. The third-order valence-electron chi connectivity index (χ3n) is 6.26. The number of thioether (sulfide) groups is 2. The van der Waals surface area contributed by atoms with Gasteiger partial charge < -0.3 is 5.32 Å². The Labute approximate surface area is 206 Å². The number of aromatic nitrogens is 4. The third-order valence-corrected chi connectivity index (χ3v) is 7.91. The number of alkyl halides is 2. The molecular weight excluding hydrogens is 476 g/mol. The van der Waals surface area contributed by atoms with E-state index in [-0.39, 0.29) is 17.7 Å². The Morgan fingerprint density at radius 3 is 2.68 bits per heavy atom. The van der Waals surface area contributed by atoms with Gasteiger partial charge in [0.15, 0.2) is 11.0 Å². The number of carbonyl (C=O) groups excluding carboxylic acids is 1. The second-order valence-electron chi connectivity index (χ2n) is 8.49. The van der Waals surface area contributed by atoms with Crippen LogP contribution in [0, 0.1) is 11.8 Å². The van der Waals surface area contributed by atoms with Crippen molar-refractivity contribution >= 4 is 29.4 Å². The van der Waals surface area contributed by atoms with Crippen molar-refractivity contribution in [1.82, 2.24) is 25.1 Å². The van der Waals surface area contributed by atoms with Crippen molar-refractivity contribution in [3.63, 3.8) is 0 Å². The van der Waals surface area contributed by atoms with Crippen molar-refractivity contribution in [3.05, 3.63) is 48.8 Å². The molecule has 34 heavy (non-hydrogen) atoms. The summed E-state index contributed by atoms with van der Waals surface area (Å²) in [5.41, 5.74) is 1.49. The summed E-state index contributed by atoms with van der Waals surface area (Å²) in [7, 11) is 0. The zero-order chi connectivity index (χ0) is 24.1. The van der Waals surface area contributed by atoms with E-state index in [0.29, 0.717) is 39.5 Å². The van der Waals surface area contributed by atoms with Gasteiger partial charge in [-0.1, -0.05) is 50.2 Å². The number of hydrogen-bond donors (Lipinski definition) is 1. The molecule has 6 nitrogen and oxygen atoms in total. The van der Waals surface area contributed by atoms with Gasteiger partial charge in [0.25, 0.3) is 5.76 Å². The van der Waals surface area contributed by atoms with Gasteiger partial charge in [-0.05, 0) is 54.7 Å². The quantitative estimate of drug-likeness (QED) is 0.399. The predicted molar refractivity (Wildman–Crippen MR) is 131 cm³/mol. The number of carbonyl (C=O) groups is 1. The molecule has 0 spiro atoms. The Balaban J connectivity index is 1.54. The lowest BCUT2D eigenvalue weighted by Crippen LogP contribution is -2.44. The largest absolute Gasteiger partial charge is 0.352 e. The van der Waals surface area contributed by atoms with Gasteiger partial charge in [-0.15, -0.1) is 10.2 Å². The number of nitrogens with one attached hydrogen (secondary N) is 1. The van der Waals surface area contributed by atoms with E-state index in [0.717, 1.165) is 24.1 Å². The van der Waals surface area contributed by atoms with Crippen molar-refractivity contribution < 1.29 is 13.6 Å². The van der Waals surface area contributed by atoms with Crippen LogP contribution in [0.4, 0.5) is 8.78 Å². The zero-order valence-corrected chi connectivity index (χ0v) is 20.7. The van der Waals surface area contributed by atoms with Crippen LogP contribution in [0.25, 0.3) is 17.1 Å². The molecule has 1 aliphatic carbocycles. The molecule has 0 radical (unpaired) electrons. The number of amides is 1. The summed E-state index contributed by atoms with van der Waals surface area (Å²) in [4.78, 5) is 17.4. The van der Waals surface area contributed by atoms with Crippen LogP contribution in [-0.2, 0) is 4.79 Å². The molecule has 0 aliphatic heterocycles. The minimum absolute atomic E-state index is 0.0305. The maximum absolute atomic E-state index is 12.7. The predicted octanol–water partition coefficient (Wildman–Crippen LogP) is 5.68. The fraction of sp³-hybridized carbons (Fsp3) is 0.417. The van der Waals surface area contributed by atoms with Gasteiger partial charge in [0.1, 0.15) is 0 Å². The van der Waals surface area contributed by atoms with Crippen molar-refractivity contribution in [2.75, 3.05) is 5.75 Å². The first kappa shape index (κ1) is 24.7. The summed E-state index contributed by atoms with van der Waals surface area (Å²) in [5.74, 6) is -0.679. The minimum Gasteiger partial charge on any atom is -0.352 e. The monoisotopic (exact) mass is 503 g/mol. The fourth-order valence-corrected chi connectivity index (χ4v) is 5.48. The van der Waals surface area contributed by atoms with E-state index in [4.69, 9.17) is 0 Å². The van der Waals surface area contributed by atoms with E-state index < -0.39 is 5.76 Å². The van der Waals surface area contributed by atoms with Gasteiger partial charge in [0.05, 0.1) is 5.75 Å². The van der Waals surface area contributed by atoms with E-state index in [1.165, 1.54) is 18.2 Å². The molecule has 1 amide bonds. The standard InChI is InChI=1S/C24H27F2N5OS2/c1-15-5-3-7-20(16(15)2)28-21(32)14-33-24-30-29-22(17-6-4-12-27-13-17)31(24)18-8-10-19(11-9-18)34-23(25)26/h4,6,8-13,15-16,20,23H,3,5,7,14H2,1-2H3,(H,28,32). The van der Waals surface area contributed by atoms with Crippen molar-refractivity contribution in [1.29, 1.82) is 0 Å². The van der Waals surface area contributed by atoms with Crippen molar-refractivity contribution in [2.24, 2.45) is 11.8 Å². The average molecular weight is 504 g/mol. The van der Waals surface area contributed by atoms with Gasteiger partial charge in [0.2, 0.25) is 5.91 Å². The van der Waals surface area contributed by atoms with E-state index in [2.05, 4.69) is 34.3 Å². The molecule has 4 rings (SSSR count). The second kappa shape index (κ2) is 11.3. The highest BCUT2D eigenvalue weighted by molar-refractivity contribution is 8.00. The van der Waals surface area contributed by atoms with Crippen LogP contribution in [-0.4, -0.2) is 43.2 Å². The molecule has 1 fully saturated rings. The first-order valence-electron chi connectivity index (χ1n) is 11.3. The maximum atomic E-state index is 12.7. The molecule has 2 aromatic heterocycles. The molecule has 180 valence electrons. The summed E-state index contributed by atoms with van der Waals surface area (Å²) >= 11 is 1.80. The van der Waals surface area contributed by atoms with Crippen LogP contribution in [0.5, 0.6) is 0 Å². The molecule has 1 aromatic carbocycles. The minimum atomic E-state index is -2.48. The lowest BCUT2D eigenvalue weighted by molar-refractivity contribution is -0.120. The van der Waals surface area contributed by atoms with Crippen LogP contribution in [0.1, 0.15) is 33.1 Å². The van der Waals surface area contributed by atoms with Crippen LogP contribution in [0.15, 0.2) is 58.8 Å². The normalized spacial score (nSPS) is 20.4. The van der Waals surface area contributed by atoms with Crippen LogP contribution in [0.3, 0.4) is 0 Å². The number of benzene rings is 1. The third kappa shape index (κ3) is 5.96. The van der Waals surface area contributed by atoms with Gasteiger partial charge in [-0.3, -0.25) is 14.3 Å². The van der Waals surface area contributed by atoms with E-state index in [1.807, 2.05) is 16.7 Å². The number of nitrogens with zero attached hydrogens (tertiary/aromatic N) is 4. The molecular formula is C24H27F2N5OS2. The highest BCUT2D eigenvalue weighted by Crippen LogP contribution is 2.32. The fourth-order valence-electron chi connectivity index (χ4n) is 4.22. The molecule has 1 saturated carbocycles. The zero-order valence-electron chi connectivity index (χ0n) is 19.0. The van der Waals surface area contributed by atoms with Crippen molar-refractivity contribution in [2.45, 2.75) is 55.0 Å². The summed E-state index contributed by atoms with van der Waals surface area (Å²) in [6.07, 6.45) is 6.71. The number of hydrogen-bond acceptors (Lipinski definition) is 6. The van der Waals surface area contributed by atoms with E-state index >= 15 is 0 Å². The van der Waals surface area contributed by atoms with E-state index in [1.54, 1.807) is 36.7 Å². The number of halogens is 2. The Hall–Kier alpha value is -2.46.